The van der Waals surface area contributed by atoms with Crippen LogP contribution in [0.25, 0.3) is 0 Å². The summed E-state index contributed by atoms with van der Waals surface area (Å²) in [5.74, 6) is 5.64. The van der Waals surface area contributed by atoms with Crippen molar-refractivity contribution in [1.29, 1.82) is 0 Å². The molecule has 0 aliphatic rings. The highest BCUT2D eigenvalue weighted by Crippen LogP contribution is 2.20. The van der Waals surface area contributed by atoms with Gasteiger partial charge in [0.25, 0.3) is 0 Å². The van der Waals surface area contributed by atoms with Crippen molar-refractivity contribution >= 4 is 11.8 Å². The van der Waals surface area contributed by atoms with E-state index in [1.54, 1.807) is 24.3 Å². The zero-order chi connectivity index (χ0) is 14.4. The molecule has 0 aliphatic heterocycles. The van der Waals surface area contributed by atoms with Crippen LogP contribution in [0, 0.1) is 11.6 Å². The van der Waals surface area contributed by atoms with Gasteiger partial charge in [-0.1, -0.05) is 24.3 Å². The fraction of sp³-hybridized carbons (Fsp3) is 0.200. The van der Waals surface area contributed by atoms with E-state index in [-0.39, 0.29) is 17.7 Å². The van der Waals surface area contributed by atoms with Crippen molar-refractivity contribution in [2.75, 3.05) is 5.75 Å². The predicted molar refractivity (Wildman–Crippen MR) is 78.3 cm³/mol. The Morgan fingerprint density at radius 3 is 2.60 bits per heavy atom. The van der Waals surface area contributed by atoms with Gasteiger partial charge in [-0.25, -0.2) is 8.78 Å². The van der Waals surface area contributed by atoms with Crippen LogP contribution in [0.4, 0.5) is 8.78 Å². The number of hydrogen-bond donors (Lipinski definition) is 2. The molecule has 0 bridgehead atoms. The summed E-state index contributed by atoms with van der Waals surface area (Å²) in [5, 5.41) is 0. The standard InChI is InChI=1S/C15H16F2N2S/c16-12-5-3-6-14(9-12)20-10-13(19-18)8-11-4-1-2-7-15(11)17/h1-7,9,13,19H,8,10,18H2. The molecule has 0 saturated carbocycles. The van der Waals surface area contributed by atoms with Gasteiger partial charge in [-0.15, -0.1) is 11.8 Å². The number of thioether (sulfide) groups is 1. The number of nitrogens with two attached hydrogens (primary N) is 1. The minimum Gasteiger partial charge on any atom is -0.271 e. The Morgan fingerprint density at radius 2 is 1.90 bits per heavy atom. The van der Waals surface area contributed by atoms with Crippen LogP contribution in [0.1, 0.15) is 5.56 Å². The zero-order valence-corrected chi connectivity index (χ0v) is 11.7. The lowest BCUT2D eigenvalue weighted by Crippen LogP contribution is -2.38. The second-order valence-electron chi connectivity index (χ2n) is 4.43. The zero-order valence-electron chi connectivity index (χ0n) is 10.9. The normalized spacial score (nSPS) is 12.3. The summed E-state index contributed by atoms with van der Waals surface area (Å²) in [7, 11) is 0. The number of nitrogens with one attached hydrogen (secondary N) is 1. The molecule has 0 amide bonds. The SMILES string of the molecule is NNC(CSc1cccc(F)c1)Cc1ccccc1F. The maximum absolute atomic E-state index is 13.6. The lowest BCUT2D eigenvalue weighted by atomic mass is 10.1. The molecule has 0 fully saturated rings. The molecule has 0 saturated heterocycles. The van der Waals surface area contributed by atoms with E-state index in [0.29, 0.717) is 17.7 Å². The lowest BCUT2D eigenvalue weighted by molar-refractivity contribution is 0.546. The molecule has 5 heteroatoms. The second-order valence-corrected chi connectivity index (χ2v) is 5.52. The summed E-state index contributed by atoms with van der Waals surface area (Å²) < 4.78 is 26.6. The van der Waals surface area contributed by atoms with Crippen molar-refractivity contribution in [3.05, 3.63) is 65.7 Å². The third kappa shape index (κ3) is 4.30. The molecular weight excluding hydrogens is 278 g/mol. The van der Waals surface area contributed by atoms with Crippen LogP contribution in [0.3, 0.4) is 0 Å². The van der Waals surface area contributed by atoms with E-state index in [0.717, 1.165) is 4.90 Å². The third-order valence-corrected chi connectivity index (χ3v) is 4.06. The van der Waals surface area contributed by atoms with Crippen molar-refractivity contribution in [2.24, 2.45) is 5.84 Å². The van der Waals surface area contributed by atoms with Crippen LogP contribution in [0.2, 0.25) is 0 Å². The molecule has 0 heterocycles. The Labute approximate surface area is 121 Å². The van der Waals surface area contributed by atoms with Gasteiger partial charge in [-0.05, 0) is 36.2 Å². The highest BCUT2D eigenvalue weighted by Gasteiger charge is 2.11. The van der Waals surface area contributed by atoms with E-state index in [1.807, 2.05) is 6.07 Å². The van der Waals surface area contributed by atoms with Gasteiger partial charge in [-0.2, -0.15) is 0 Å². The van der Waals surface area contributed by atoms with Crippen molar-refractivity contribution in [2.45, 2.75) is 17.4 Å². The lowest BCUT2D eigenvalue weighted by Gasteiger charge is -2.16. The Bertz CT molecular complexity index is 563. The van der Waals surface area contributed by atoms with Crippen molar-refractivity contribution in [3.8, 4) is 0 Å². The number of hydrogen-bond acceptors (Lipinski definition) is 3. The molecule has 0 aliphatic carbocycles. The van der Waals surface area contributed by atoms with Gasteiger partial charge in [0, 0.05) is 16.7 Å². The van der Waals surface area contributed by atoms with Crippen LogP contribution in [0.5, 0.6) is 0 Å². The minimum absolute atomic E-state index is 0.0832. The maximum atomic E-state index is 13.6. The molecular formula is C15H16F2N2S. The summed E-state index contributed by atoms with van der Waals surface area (Å²) in [6.07, 6.45) is 0.492. The molecule has 0 spiro atoms. The van der Waals surface area contributed by atoms with Gasteiger partial charge in [0.2, 0.25) is 0 Å². The maximum Gasteiger partial charge on any atom is 0.126 e. The highest BCUT2D eigenvalue weighted by molar-refractivity contribution is 7.99. The van der Waals surface area contributed by atoms with Crippen LogP contribution >= 0.6 is 11.8 Å². The van der Waals surface area contributed by atoms with Gasteiger partial charge in [0.05, 0.1) is 0 Å². The molecule has 3 N–H and O–H groups in total. The molecule has 1 unspecified atom stereocenters. The van der Waals surface area contributed by atoms with Crippen LogP contribution in [0.15, 0.2) is 53.4 Å². The van der Waals surface area contributed by atoms with Crippen LogP contribution in [-0.4, -0.2) is 11.8 Å². The van der Waals surface area contributed by atoms with Gasteiger partial charge in [-0.3, -0.25) is 11.3 Å². The first-order valence-corrected chi connectivity index (χ1v) is 7.25. The molecule has 0 aromatic heterocycles. The average Bonchev–Trinajstić information content (AvgIpc) is 2.45. The second kappa shape index (κ2) is 7.38. The first-order chi connectivity index (χ1) is 9.69. The molecule has 2 aromatic rings. The monoisotopic (exact) mass is 294 g/mol. The van der Waals surface area contributed by atoms with Gasteiger partial charge >= 0.3 is 0 Å². The average molecular weight is 294 g/mol. The number of benzene rings is 2. The predicted octanol–water partition coefficient (Wildman–Crippen LogP) is 3.13. The Balaban J connectivity index is 1.94. The van der Waals surface area contributed by atoms with E-state index in [9.17, 15) is 8.78 Å². The first-order valence-electron chi connectivity index (χ1n) is 6.27. The Kier molecular flexibility index (Phi) is 5.52. The van der Waals surface area contributed by atoms with E-state index in [4.69, 9.17) is 5.84 Å². The quantitative estimate of drug-likeness (QED) is 0.488. The summed E-state index contributed by atoms with van der Waals surface area (Å²) >= 11 is 1.49. The number of hydrazine groups is 1. The summed E-state index contributed by atoms with van der Waals surface area (Å²) in [6.45, 7) is 0. The number of rotatable bonds is 6. The van der Waals surface area contributed by atoms with E-state index in [1.165, 1.54) is 30.0 Å². The van der Waals surface area contributed by atoms with Crippen LogP contribution < -0.4 is 11.3 Å². The van der Waals surface area contributed by atoms with Crippen molar-refractivity contribution in [3.63, 3.8) is 0 Å². The minimum atomic E-state index is -0.263. The molecule has 106 valence electrons. The van der Waals surface area contributed by atoms with Crippen molar-refractivity contribution in [1.82, 2.24) is 5.43 Å². The Hall–Kier alpha value is -1.43. The van der Waals surface area contributed by atoms with Crippen LogP contribution in [-0.2, 0) is 6.42 Å². The van der Waals surface area contributed by atoms with E-state index < -0.39 is 0 Å². The molecule has 2 nitrogen and oxygen atoms in total. The van der Waals surface area contributed by atoms with E-state index >= 15 is 0 Å². The van der Waals surface area contributed by atoms with Crippen molar-refractivity contribution < 1.29 is 8.78 Å². The first kappa shape index (κ1) is 15.0. The van der Waals surface area contributed by atoms with Gasteiger partial charge < -0.3 is 0 Å². The molecule has 2 rings (SSSR count). The Morgan fingerprint density at radius 1 is 1.10 bits per heavy atom. The third-order valence-electron chi connectivity index (χ3n) is 2.91. The smallest absolute Gasteiger partial charge is 0.126 e. The summed E-state index contributed by atoms with van der Waals surface area (Å²) in [6, 6.07) is 12.9. The fourth-order valence-corrected chi connectivity index (χ4v) is 2.83. The summed E-state index contributed by atoms with van der Waals surface area (Å²) in [5.41, 5.74) is 3.30. The molecule has 2 aromatic carbocycles. The molecule has 0 radical (unpaired) electrons. The topological polar surface area (TPSA) is 38.0 Å². The largest absolute Gasteiger partial charge is 0.271 e. The summed E-state index contributed by atoms with van der Waals surface area (Å²) in [4.78, 5) is 0.832. The number of halogens is 2. The molecule has 1 atom stereocenters. The fourth-order valence-electron chi connectivity index (χ4n) is 1.85. The van der Waals surface area contributed by atoms with Gasteiger partial charge in [0.15, 0.2) is 0 Å². The van der Waals surface area contributed by atoms with E-state index in [2.05, 4.69) is 5.43 Å². The highest BCUT2D eigenvalue weighted by atomic mass is 32.2. The molecule has 20 heavy (non-hydrogen) atoms. The van der Waals surface area contributed by atoms with Gasteiger partial charge in [0.1, 0.15) is 11.6 Å².